The molecule has 0 radical (unpaired) electrons. The number of aliphatic hydroxyl groups excluding tert-OH is 1. The molecule has 1 aliphatic heterocycles. The molecule has 2 aromatic carbocycles. The highest BCUT2D eigenvalue weighted by Crippen LogP contribution is 2.31. The maximum absolute atomic E-state index is 11.7. The van der Waals surface area contributed by atoms with Crippen molar-refractivity contribution >= 4 is 34.2 Å². The predicted octanol–water partition coefficient (Wildman–Crippen LogP) is 3.28. The normalized spacial score (nSPS) is 15.8. The van der Waals surface area contributed by atoms with E-state index in [1.54, 1.807) is 11.9 Å². The maximum Gasteiger partial charge on any atom is 0.227 e. The van der Waals surface area contributed by atoms with Crippen molar-refractivity contribution in [2.75, 3.05) is 11.9 Å². The van der Waals surface area contributed by atoms with Crippen LogP contribution in [0.25, 0.3) is 0 Å². The summed E-state index contributed by atoms with van der Waals surface area (Å²) >= 11 is 2.24. The zero-order valence-electron chi connectivity index (χ0n) is 11.7. The minimum atomic E-state index is -0.632. The number of rotatable bonds is 2. The molecule has 0 aromatic heterocycles. The van der Waals surface area contributed by atoms with Gasteiger partial charge in [-0.1, -0.05) is 24.3 Å². The van der Waals surface area contributed by atoms with E-state index in [2.05, 4.69) is 22.6 Å². The Labute approximate surface area is 137 Å². The maximum atomic E-state index is 11.7. The zero-order valence-corrected chi connectivity index (χ0v) is 13.9. The van der Waals surface area contributed by atoms with Crippen molar-refractivity contribution < 1.29 is 9.90 Å². The molecule has 0 bridgehead atoms. The molecule has 1 amide bonds. The number of hydrogen-bond acceptors (Lipinski definition) is 2. The van der Waals surface area contributed by atoms with Gasteiger partial charge in [-0.3, -0.25) is 4.79 Å². The van der Waals surface area contributed by atoms with Gasteiger partial charge in [-0.15, -0.1) is 0 Å². The fourth-order valence-electron chi connectivity index (χ4n) is 2.72. The van der Waals surface area contributed by atoms with Crippen LogP contribution < -0.4 is 4.90 Å². The van der Waals surface area contributed by atoms with Gasteiger partial charge in [0.25, 0.3) is 0 Å². The van der Waals surface area contributed by atoms with Crippen molar-refractivity contribution in [2.24, 2.45) is 0 Å². The zero-order chi connectivity index (χ0) is 15.0. The summed E-state index contributed by atoms with van der Waals surface area (Å²) in [5.74, 6) is 0.147. The number of fused-ring (bicyclic) bond motifs is 1. The summed E-state index contributed by atoms with van der Waals surface area (Å²) in [4.78, 5) is 13.4. The Kier molecular flexibility index (Phi) is 3.99. The lowest BCUT2D eigenvalue weighted by Crippen LogP contribution is -2.31. The largest absolute Gasteiger partial charge is 0.384 e. The van der Waals surface area contributed by atoms with Gasteiger partial charge in [0.15, 0.2) is 0 Å². The van der Waals surface area contributed by atoms with Crippen LogP contribution in [0.15, 0.2) is 42.5 Å². The lowest BCUT2D eigenvalue weighted by Gasteiger charge is -2.26. The number of carbonyl (C=O) groups excluding carboxylic acids is 1. The lowest BCUT2D eigenvalue weighted by atomic mass is 9.95. The van der Waals surface area contributed by atoms with Crippen LogP contribution >= 0.6 is 22.6 Å². The second-order valence-corrected chi connectivity index (χ2v) is 6.54. The minimum absolute atomic E-state index is 0.147. The number of aryl methyl sites for hydroxylation is 1. The van der Waals surface area contributed by atoms with E-state index in [1.165, 1.54) is 0 Å². The van der Waals surface area contributed by atoms with E-state index in [0.717, 1.165) is 32.4 Å². The van der Waals surface area contributed by atoms with Gasteiger partial charge in [-0.05, 0) is 63.9 Å². The van der Waals surface area contributed by atoms with Gasteiger partial charge in [0.1, 0.15) is 6.10 Å². The molecule has 1 N–H and O–H groups in total. The molecular weight excluding hydrogens is 377 g/mol. The highest BCUT2D eigenvalue weighted by Gasteiger charge is 2.22. The number of nitrogens with zero attached hydrogens (tertiary/aromatic N) is 1. The molecule has 0 aliphatic carbocycles. The molecule has 1 heterocycles. The first-order valence-corrected chi connectivity index (χ1v) is 7.97. The predicted molar refractivity (Wildman–Crippen MR) is 91.4 cm³/mol. The topological polar surface area (TPSA) is 40.5 Å². The number of carbonyl (C=O) groups is 1. The molecule has 3 nitrogen and oxygen atoms in total. The van der Waals surface area contributed by atoms with E-state index >= 15 is 0 Å². The monoisotopic (exact) mass is 393 g/mol. The Bertz CT molecular complexity index is 699. The average Bonchev–Trinajstić information content (AvgIpc) is 2.50. The van der Waals surface area contributed by atoms with Crippen molar-refractivity contribution in [2.45, 2.75) is 18.9 Å². The Morgan fingerprint density at radius 2 is 1.90 bits per heavy atom. The summed E-state index contributed by atoms with van der Waals surface area (Å²) in [5, 5.41) is 10.6. The molecule has 0 saturated heterocycles. The number of hydrogen-bond donors (Lipinski definition) is 1. The highest BCUT2D eigenvalue weighted by molar-refractivity contribution is 14.1. The van der Waals surface area contributed by atoms with Crippen LogP contribution in [-0.4, -0.2) is 18.1 Å². The summed E-state index contributed by atoms with van der Waals surface area (Å²) in [6.45, 7) is 0. The van der Waals surface area contributed by atoms with Crippen LogP contribution in [0, 0.1) is 3.57 Å². The highest BCUT2D eigenvalue weighted by atomic mass is 127. The Morgan fingerprint density at radius 1 is 1.14 bits per heavy atom. The fourth-order valence-corrected chi connectivity index (χ4v) is 3.28. The first-order valence-electron chi connectivity index (χ1n) is 6.89. The van der Waals surface area contributed by atoms with Crippen LogP contribution in [0.1, 0.15) is 29.2 Å². The molecule has 0 saturated carbocycles. The average molecular weight is 393 g/mol. The van der Waals surface area contributed by atoms with Crippen molar-refractivity contribution in [3.8, 4) is 0 Å². The van der Waals surface area contributed by atoms with Gasteiger partial charge in [-0.25, -0.2) is 0 Å². The number of halogens is 1. The van der Waals surface area contributed by atoms with E-state index in [1.807, 2.05) is 42.5 Å². The summed E-state index contributed by atoms with van der Waals surface area (Å²) in [7, 11) is 1.80. The second-order valence-electron chi connectivity index (χ2n) is 5.30. The summed E-state index contributed by atoms with van der Waals surface area (Å²) in [6, 6.07) is 13.7. The first-order chi connectivity index (χ1) is 10.1. The SMILES string of the molecule is CN1C(=O)CCc2cc(C(O)c3cccc(I)c3)ccc21. The third-order valence-electron chi connectivity index (χ3n) is 3.93. The summed E-state index contributed by atoms with van der Waals surface area (Å²) in [5.41, 5.74) is 3.84. The van der Waals surface area contributed by atoms with Crippen LogP contribution in [0.3, 0.4) is 0 Å². The van der Waals surface area contributed by atoms with E-state index < -0.39 is 6.10 Å². The molecule has 1 atom stereocenters. The Balaban J connectivity index is 1.95. The molecular formula is C17H16INO2. The molecule has 0 fully saturated rings. The minimum Gasteiger partial charge on any atom is -0.384 e. The van der Waals surface area contributed by atoms with Gasteiger partial charge >= 0.3 is 0 Å². The van der Waals surface area contributed by atoms with E-state index in [4.69, 9.17) is 0 Å². The standard InChI is InChI=1S/C17H16INO2/c1-19-15-7-5-13(9-11(15)6-8-16(19)20)17(21)12-3-2-4-14(18)10-12/h2-5,7,9-10,17,21H,6,8H2,1H3. The lowest BCUT2D eigenvalue weighted by molar-refractivity contribution is -0.118. The van der Waals surface area contributed by atoms with Crippen molar-refractivity contribution in [3.63, 3.8) is 0 Å². The van der Waals surface area contributed by atoms with Crippen molar-refractivity contribution in [1.29, 1.82) is 0 Å². The van der Waals surface area contributed by atoms with Crippen molar-refractivity contribution in [1.82, 2.24) is 0 Å². The van der Waals surface area contributed by atoms with Gasteiger partial charge in [0.05, 0.1) is 0 Å². The molecule has 4 heteroatoms. The van der Waals surface area contributed by atoms with Crippen LogP contribution in [0.2, 0.25) is 0 Å². The van der Waals surface area contributed by atoms with E-state index in [0.29, 0.717) is 6.42 Å². The molecule has 1 aliphatic rings. The van der Waals surface area contributed by atoms with Gasteiger partial charge in [-0.2, -0.15) is 0 Å². The Morgan fingerprint density at radius 3 is 2.67 bits per heavy atom. The number of amides is 1. The van der Waals surface area contributed by atoms with Gasteiger partial charge in [0.2, 0.25) is 5.91 Å². The molecule has 108 valence electrons. The smallest absolute Gasteiger partial charge is 0.227 e. The molecule has 1 unspecified atom stereocenters. The first kappa shape index (κ1) is 14.5. The van der Waals surface area contributed by atoms with E-state index in [9.17, 15) is 9.90 Å². The van der Waals surface area contributed by atoms with Crippen LogP contribution in [0.5, 0.6) is 0 Å². The fraction of sp³-hybridized carbons (Fsp3) is 0.235. The second kappa shape index (κ2) is 5.77. The van der Waals surface area contributed by atoms with E-state index in [-0.39, 0.29) is 5.91 Å². The summed E-state index contributed by atoms with van der Waals surface area (Å²) < 4.78 is 1.10. The number of aliphatic hydroxyl groups is 1. The van der Waals surface area contributed by atoms with Crippen LogP contribution in [-0.2, 0) is 11.2 Å². The molecule has 3 rings (SSSR count). The molecule has 21 heavy (non-hydrogen) atoms. The third-order valence-corrected chi connectivity index (χ3v) is 4.60. The quantitative estimate of drug-likeness (QED) is 0.796. The molecule has 0 spiro atoms. The molecule has 2 aromatic rings. The van der Waals surface area contributed by atoms with Crippen LogP contribution in [0.4, 0.5) is 5.69 Å². The van der Waals surface area contributed by atoms with Gasteiger partial charge < -0.3 is 10.0 Å². The summed E-state index contributed by atoms with van der Waals surface area (Å²) in [6.07, 6.45) is 0.644. The number of anilines is 1. The van der Waals surface area contributed by atoms with Crippen molar-refractivity contribution in [3.05, 3.63) is 62.7 Å². The Hall–Kier alpha value is -1.40. The van der Waals surface area contributed by atoms with Gasteiger partial charge in [0, 0.05) is 22.7 Å². The number of benzene rings is 2. The third kappa shape index (κ3) is 2.82.